The van der Waals surface area contributed by atoms with E-state index in [-0.39, 0.29) is 0 Å². The van der Waals surface area contributed by atoms with Gasteiger partial charge in [0.2, 0.25) is 0 Å². The number of piperidine rings is 1. The van der Waals surface area contributed by atoms with Crippen molar-refractivity contribution in [2.45, 2.75) is 45.7 Å². The number of likely N-dealkylation sites (tertiary alicyclic amines) is 1. The van der Waals surface area contributed by atoms with Gasteiger partial charge in [-0.3, -0.25) is 0 Å². The minimum absolute atomic E-state index is 0.646. The first-order chi connectivity index (χ1) is 7.63. The van der Waals surface area contributed by atoms with Crippen LogP contribution < -0.4 is 5.32 Å². The van der Waals surface area contributed by atoms with Crippen molar-refractivity contribution < 1.29 is 0 Å². The molecule has 0 amide bonds. The molecule has 0 aromatic rings. The number of nitrogens with zero attached hydrogens (tertiary/aromatic N) is 1. The molecule has 0 radical (unpaired) electrons. The highest BCUT2D eigenvalue weighted by atomic mass is 32.2. The van der Waals surface area contributed by atoms with Crippen molar-refractivity contribution in [1.82, 2.24) is 10.2 Å². The molecule has 16 heavy (non-hydrogen) atoms. The standard InChI is InChI=1S/C13H28N2S/c1-5-16-10-11(2)14-12(3)13-7-6-8-15(4)9-13/h11-14H,5-10H2,1-4H3. The van der Waals surface area contributed by atoms with Gasteiger partial charge in [0.05, 0.1) is 0 Å². The highest BCUT2D eigenvalue weighted by molar-refractivity contribution is 7.99. The second kappa shape index (κ2) is 7.57. The smallest absolute Gasteiger partial charge is 0.0132 e. The van der Waals surface area contributed by atoms with Gasteiger partial charge in [0.15, 0.2) is 0 Å². The molecule has 0 spiro atoms. The first kappa shape index (κ1) is 14.3. The third kappa shape index (κ3) is 5.07. The molecule has 1 saturated heterocycles. The van der Waals surface area contributed by atoms with Gasteiger partial charge in [-0.15, -0.1) is 0 Å². The molecule has 96 valence electrons. The monoisotopic (exact) mass is 244 g/mol. The Morgan fingerprint density at radius 2 is 2.19 bits per heavy atom. The van der Waals surface area contributed by atoms with Crippen molar-refractivity contribution in [3.05, 3.63) is 0 Å². The average Bonchev–Trinajstić information content (AvgIpc) is 2.26. The van der Waals surface area contributed by atoms with Crippen molar-refractivity contribution in [2.75, 3.05) is 31.6 Å². The van der Waals surface area contributed by atoms with Crippen LogP contribution in [0.2, 0.25) is 0 Å². The zero-order chi connectivity index (χ0) is 12.0. The molecule has 3 atom stereocenters. The van der Waals surface area contributed by atoms with Gasteiger partial charge in [-0.05, 0) is 52.0 Å². The Bertz CT molecular complexity index is 187. The van der Waals surface area contributed by atoms with Crippen LogP contribution in [0.25, 0.3) is 0 Å². The van der Waals surface area contributed by atoms with Crippen molar-refractivity contribution in [1.29, 1.82) is 0 Å². The Morgan fingerprint density at radius 1 is 1.44 bits per heavy atom. The van der Waals surface area contributed by atoms with Crippen LogP contribution in [0.4, 0.5) is 0 Å². The van der Waals surface area contributed by atoms with E-state index < -0.39 is 0 Å². The zero-order valence-corrected chi connectivity index (χ0v) is 12.1. The highest BCUT2D eigenvalue weighted by Crippen LogP contribution is 2.19. The molecule has 0 aromatic heterocycles. The summed E-state index contributed by atoms with van der Waals surface area (Å²) in [5, 5.41) is 3.76. The van der Waals surface area contributed by atoms with Gasteiger partial charge in [0.1, 0.15) is 0 Å². The lowest BCUT2D eigenvalue weighted by atomic mass is 9.91. The molecule has 3 heteroatoms. The fourth-order valence-corrected chi connectivity index (χ4v) is 3.23. The third-order valence-electron chi connectivity index (χ3n) is 3.49. The fraction of sp³-hybridized carbons (Fsp3) is 1.00. The molecule has 3 unspecified atom stereocenters. The van der Waals surface area contributed by atoms with Crippen molar-refractivity contribution >= 4 is 11.8 Å². The molecular formula is C13H28N2S. The molecular weight excluding hydrogens is 216 g/mol. The lowest BCUT2D eigenvalue weighted by Crippen LogP contribution is -2.46. The van der Waals surface area contributed by atoms with E-state index in [0.29, 0.717) is 12.1 Å². The van der Waals surface area contributed by atoms with E-state index in [0.717, 1.165) is 5.92 Å². The van der Waals surface area contributed by atoms with E-state index in [1.54, 1.807) is 0 Å². The predicted octanol–water partition coefficient (Wildman–Crippen LogP) is 2.45. The van der Waals surface area contributed by atoms with Gasteiger partial charge in [0.25, 0.3) is 0 Å². The highest BCUT2D eigenvalue weighted by Gasteiger charge is 2.23. The normalized spacial score (nSPS) is 26.6. The summed E-state index contributed by atoms with van der Waals surface area (Å²) in [5.41, 5.74) is 0. The molecule has 2 nitrogen and oxygen atoms in total. The van der Waals surface area contributed by atoms with Crippen LogP contribution in [-0.2, 0) is 0 Å². The Labute approximate surface area is 106 Å². The largest absolute Gasteiger partial charge is 0.311 e. The lowest BCUT2D eigenvalue weighted by molar-refractivity contribution is 0.175. The third-order valence-corrected chi connectivity index (χ3v) is 4.63. The van der Waals surface area contributed by atoms with Crippen LogP contribution in [0.15, 0.2) is 0 Å². The fourth-order valence-electron chi connectivity index (χ4n) is 2.54. The van der Waals surface area contributed by atoms with Crippen LogP contribution in [0.3, 0.4) is 0 Å². The second-order valence-electron chi connectivity index (χ2n) is 5.18. The molecule has 0 aromatic carbocycles. The van der Waals surface area contributed by atoms with E-state index in [4.69, 9.17) is 0 Å². The first-order valence-corrected chi connectivity index (χ1v) is 7.81. The Balaban J connectivity index is 2.24. The molecule has 0 aliphatic carbocycles. The summed E-state index contributed by atoms with van der Waals surface area (Å²) in [4.78, 5) is 2.47. The summed E-state index contributed by atoms with van der Waals surface area (Å²) in [6.07, 6.45) is 2.76. The van der Waals surface area contributed by atoms with E-state index in [2.05, 4.69) is 38.0 Å². The molecule has 1 N–H and O–H groups in total. The van der Waals surface area contributed by atoms with Gasteiger partial charge in [0, 0.05) is 24.4 Å². The molecule has 1 fully saturated rings. The van der Waals surface area contributed by atoms with E-state index in [1.165, 1.54) is 37.4 Å². The second-order valence-corrected chi connectivity index (χ2v) is 6.50. The SMILES string of the molecule is CCSCC(C)NC(C)C1CCCN(C)C1. The molecule has 1 rings (SSSR count). The maximum absolute atomic E-state index is 3.76. The Hall–Kier alpha value is 0.270. The maximum Gasteiger partial charge on any atom is 0.0132 e. The number of rotatable bonds is 6. The summed E-state index contributed by atoms with van der Waals surface area (Å²) < 4.78 is 0. The predicted molar refractivity (Wildman–Crippen MR) is 75.3 cm³/mol. The van der Waals surface area contributed by atoms with Crippen molar-refractivity contribution in [3.63, 3.8) is 0 Å². The van der Waals surface area contributed by atoms with Crippen LogP contribution in [-0.4, -0.2) is 48.6 Å². The summed E-state index contributed by atoms with van der Waals surface area (Å²) in [6.45, 7) is 9.45. The Morgan fingerprint density at radius 3 is 2.81 bits per heavy atom. The van der Waals surface area contributed by atoms with E-state index in [9.17, 15) is 0 Å². The van der Waals surface area contributed by atoms with Crippen LogP contribution in [0.5, 0.6) is 0 Å². The van der Waals surface area contributed by atoms with Crippen LogP contribution in [0.1, 0.15) is 33.6 Å². The molecule has 1 aliphatic rings. The van der Waals surface area contributed by atoms with E-state index >= 15 is 0 Å². The topological polar surface area (TPSA) is 15.3 Å². The summed E-state index contributed by atoms with van der Waals surface area (Å²) >= 11 is 2.03. The summed E-state index contributed by atoms with van der Waals surface area (Å²) in [7, 11) is 2.25. The first-order valence-electron chi connectivity index (χ1n) is 6.65. The zero-order valence-electron chi connectivity index (χ0n) is 11.3. The van der Waals surface area contributed by atoms with Crippen LogP contribution in [0, 0.1) is 5.92 Å². The van der Waals surface area contributed by atoms with Crippen molar-refractivity contribution in [3.8, 4) is 0 Å². The molecule has 0 saturated carbocycles. The summed E-state index contributed by atoms with van der Waals surface area (Å²) in [6, 6.07) is 1.31. The number of thioether (sulfide) groups is 1. The maximum atomic E-state index is 3.76. The average molecular weight is 244 g/mol. The quantitative estimate of drug-likeness (QED) is 0.772. The number of hydrogen-bond donors (Lipinski definition) is 1. The van der Waals surface area contributed by atoms with Gasteiger partial charge in [-0.1, -0.05) is 6.92 Å². The molecule has 1 heterocycles. The lowest BCUT2D eigenvalue weighted by Gasteiger charge is -2.35. The molecule has 1 aliphatic heterocycles. The number of nitrogens with one attached hydrogen (secondary N) is 1. The van der Waals surface area contributed by atoms with Gasteiger partial charge < -0.3 is 10.2 Å². The van der Waals surface area contributed by atoms with Crippen LogP contribution >= 0.6 is 11.8 Å². The van der Waals surface area contributed by atoms with Crippen molar-refractivity contribution in [2.24, 2.45) is 5.92 Å². The Kier molecular flexibility index (Phi) is 6.78. The number of hydrogen-bond acceptors (Lipinski definition) is 3. The van der Waals surface area contributed by atoms with E-state index in [1.807, 2.05) is 11.8 Å². The molecule has 0 bridgehead atoms. The summed E-state index contributed by atoms with van der Waals surface area (Å²) in [5.74, 6) is 3.31. The minimum atomic E-state index is 0.646. The van der Waals surface area contributed by atoms with Gasteiger partial charge in [-0.2, -0.15) is 11.8 Å². The minimum Gasteiger partial charge on any atom is -0.311 e. The van der Waals surface area contributed by atoms with Gasteiger partial charge >= 0.3 is 0 Å². The van der Waals surface area contributed by atoms with Gasteiger partial charge in [-0.25, -0.2) is 0 Å².